The molecule has 0 aromatic heterocycles. The summed E-state index contributed by atoms with van der Waals surface area (Å²) in [6.45, 7) is 2.22. The van der Waals surface area contributed by atoms with Gasteiger partial charge >= 0.3 is 0 Å². The van der Waals surface area contributed by atoms with Crippen LogP contribution in [0.3, 0.4) is 0 Å². The smallest absolute Gasteiger partial charge is 0.131 e. The summed E-state index contributed by atoms with van der Waals surface area (Å²) < 4.78 is 15.9. The van der Waals surface area contributed by atoms with Crippen molar-refractivity contribution in [3.63, 3.8) is 0 Å². The van der Waals surface area contributed by atoms with Crippen molar-refractivity contribution in [3.8, 4) is 33.4 Å². The fourth-order valence-electron chi connectivity index (χ4n) is 10.0. The van der Waals surface area contributed by atoms with Gasteiger partial charge in [-0.15, -0.1) is 0 Å². The Morgan fingerprint density at radius 2 is 0.722 bits per heavy atom. The lowest BCUT2D eigenvalue weighted by Gasteiger charge is -2.22. The highest BCUT2D eigenvalue weighted by atomic mass is 19.1. The quantitative estimate of drug-likeness (QED) is 0.162. The Kier molecular flexibility index (Phi) is 5.97. The lowest BCUT2D eigenvalue weighted by Crippen LogP contribution is -1.94. The van der Waals surface area contributed by atoms with Gasteiger partial charge in [-0.2, -0.15) is 0 Å². The van der Waals surface area contributed by atoms with Gasteiger partial charge in [-0.25, -0.2) is 4.39 Å². The molecule has 0 aliphatic heterocycles. The van der Waals surface area contributed by atoms with E-state index in [0.717, 1.165) is 16.2 Å². The molecule has 0 fully saturated rings. The number of fused-ring (bicyclic) bond motifs is 11. The summed E-state index contributed by atoms with van der Waals surface area (Å²) in [6, 6.07) is 60.9. The lowest BCUT2D eigenvalue weighted by atomic mass is 9.80. The maximum Gasteiger partial charge on any atom is 0.131 e. The van der Waals surface area contributed by atoms with Crippen LogP contribution in [0, 0.1) is 12.7 Å². The third-order valence-corrected chi connectivity index (χ3v) is 12.1. The third-order valence-electron chi connectivity index (χ3n) is 12.1. The summed E-state index contributed by atoms with van der Waals surface area (Å²) in [4.78, 5) is 0. The first kappa shape index (κ1) is 29.7. The van der Waals surface area contributed by atoms with E-state index in [1.165, 1.54) is 104 Å². The van der Waals surface area contributed by atoms with Gasteiger partial charge in [-0.05, 0) is 127 Å². The molecule has 1 heteroatoms. The van der Waals surface area contributed by atoms with Crippen LogP contribution in [0.15, 0.2) is 170 Å². The standard InChI is InChI=1S/C53H31F/c1-30-26-27-41-45-33(30)22-12-24-39(45)50-49(41)48-40-25-13-23-38-43(54)29-28-42(46(38)40)51(48)52-44(32-16-6-3-7-17-32)36-20-10-11-21-37(36)47(53(50)52)35-19-9-8-18-34(35)31-14-4-2-5-15-31/h2-29H,1H3. The number of benzene rings is 10. The first-order valence-electron chi connectivity index (χ1n) is 18.7. The SMILES string of the molecule is Cc1ccc2c3c1cccc3c1c3c(-c4ccccc4-c4ccccc4)c4ccccc4c(-c4ccccc4)c3c3c4ccc(F)c5cccc(c54)c3c21. The van der Waals surface area contributed by atoms with Gasteiger partial charge in [0.05, 0.1) is 0 Å². The molecule has 0 amide bonds. The van der Waals surface area contributed by atoms with Crippen molar-refractivity contribution in [2.45, 2.75) is 6.92 Å². The van der Waals surface area contributed by atoms with Crippen molar-refractivity contribution in [1.82, 2.24) is 0 Å². The number of rotatable bonds is 3. The second-order valence-corrected chi connectivity index (χ2v) is 14.8. The normalized spacial score (nSPS) is 12.3. The van der Waals surface area contributed by atoms with Crippen LogP contribution in [0.25, 0.3) is 120 Å². The fourth-order valence-corrected chi connectivity index (χ4v) is 10.0. The highest BCUT2D eigenvalue weighted by Crippen LogP contribution is 2.57. The maximum absolute atomic E-state index is 15.9. The van der Waals surface area contributed by atoms with Crippen LogP contribution in [0.2, 0.25) is 0 Å². The van der Waals surface area contributed by atoms with E-state index in [1.807, 2.05) is 18.2 Å². The number of hydrogen-bond acceptors (Lipinski definition) is 0. The molecular weight excluding hydrogens is 656 g/mol. The summed E-state index contributed by atoms with van der Waals surface area (Å²) in [5.41, 5.74) is 8.46. The van der Waals surface area contributed by atoms with Crippen LogP contribution in [-0.2, 0) is 0 Å². The van der Waals surface area contributed by atoms with Crippen molar-refractivity contribution in [1.29, 1.82) is 0 Å². The average Bonchev–Trinajstić information content (AvgIpc) is 3.74. The zero-order valence-corrected chi connectivity index (χ0v) is 29.5. The molecule has 0 atom stereocenters. The van der Waals surface area contributed by atoms with Crippen LogP contribution in [-0.4, -0.2) is 0 Å². The second kappa shape index (κ2) is 10.9. The summed E-state index contributed by atoms with van der Waals surface area (Å²) in [6.07, 6.45) is 0. The largest absolute Gasteiger partial charge is 0.206 e. The zero-order valence-electron chi connectivity index (χ0n) is 29.5. The van der Waals surface area contributed by atoms with Crippen LogP contribution in [0.5, 0.6) is 0 Å². The first-order valence-corrected chi connectivity index (χ1v) is 18.7. The van der Waals surface area contributed by atoms with Gasteiger partial charge in [0.15, 0.2) is 0 Å². The van der Waals surface area contributed by atoms with Gasteiger partial charge in [-0.1, -0.05) is 164 Å². The van der Waals surface area contributed by atoms with E-state index in [2.05, 4.69) is 153 Å². The fraction of sp³-hybridized carbons (Fsp3) is 0.0189. The lowest BCUT2D eigenvalue weighted by molar-refractivity contribution is 0.640. The average molecular weight is 687 g/mol. The summed E-state index contributed by atoms with van der Waals surface area (Å²) in [7, 11) is 0. The number of aryl methyl sites for hydroxylation is 1. The molecule has 0 N–H and O–H groups in total. The molecule has 0 nitrogen and oxygen atoms in total. The minimum Gasteiger partial charge on any atom is -0.206 e. The Morgan fingerprint density at radius 1 is 0.278 bits per heavy atom. The Balaban J connectivity index is 1.50. The van der Waals surface area contributed by atoms with E-state index in [9.17, 15) is 0 Å². The molecule has 0 heterocycles. The molecule has 0 saturated heterocycles. The van der Waals surface area contributed by atoms with Crippen LogP contribution >= 0.6 is 0 Å². The Hall–Kier alpha value is -6.83. The van der Waals surface area contributed by atoms with Gasteiger partial charge in [0.2, 0.25) is 0 Å². The van der Waals surface area contributed by atoms with Gasteiger partial charge < -0.3 is 0 Å². The summed E-state index contributed by atoms with van der Waals surface area (Å²) in [5.74, 6) is -0.184. The monoisotopic (exact) mass is 686 g/mol. The summed E-state index contributed by atoms with van der Waals surface area (Å²) >= 11 is 0. The topological polar surface area (TPSA) is 0 Å². The molecule has 0 aliphatic carbocycles. The predicted octanol–water partition coefficient (Wildman–Crippen LogP) is 15.2. The molecule has 250 valence electrons. The van der Waals surface area contributed by atoms with Gasteiger partial charge in [0.25, 0.3) is 0 Å². The molecule has 12 rings (SSSR count). The van der Waals surface area contributed by atoms with Crippen LogP contribution in [0.4, 0.5) is 4.39 Å². The highest BCUT2D eigenvalue weighted by Gasteiger charge is 2.29. The Bertz CT molecular complexity index is 3490. The minimum atomic E-state index is -0.184. The summed E-state index contributed by atoms with van der Waals surface area (Å²) in [5, 5.41) is 18.8. The molecule has 0 aliphatic rings. The van der Waals surface area contributed by atoms with Gasteiger partial charge in [0.1, 0.15) is 5.82 Å². The van der Waals surface area contributed by atoms with Crippen LogP contribution in [0.1, 0.15) is 5.56 Å². The number of halogens is 1. The second-order valence-electron chi connectivity index (χ2n) is 14.8. The minimum absolute atomic E-state index is 0.184. The van der Waals surface area contributed by atoms with Gasteiger partial charge in [0, 0.05) is 10.8 Å². The Morgan fingerprint density at radius 3 is 1.41 bits per heavy atom. The molecule has 12 aromatic carbocycles. The maximum atomic E-state index is 15.9. The van der Waals surface area contributed by atoms with E-state index in [4.69, 9.17) is 0 Å². The molecule has 0 bridgehead atoms. The molecule has 54 heavy (non-hydrogen) atoms. The van der Waals surface area contributed by atoms with Crippen molar-refractivity contribution >= 4 is 86.2 Å². The molecule has 0 unspecified atom stereocenters. The van der Waals surface area contributed by atoms with E-state index in [-0.39, 0.29) is 5.82 Å². The van der Waals surface area contributed by atoms with Crippen molar-refractivity contribution < 1.29 is 4.39 Å². The van der Waals surface area contributed by atoms with E-state index < -0.39 is 0 Å². The van der Waals surface area contributed by atoms with E-state index in [1.54, 1.807) is 6.07 Å². The van der Waals surface area contributed by atoms with Gasteiger partial charge in [-0.3, -0.25) is 0 Å². The third kappa shape index (κ3) is 3.76. The van der Waals surface area contributed by atoms with E-state index in [0.29, 0.717) is 5.39 Å². The molecular formula is C53H31F. The predicted molar refractivity (Wildman–Crippen MR) is 230 cm³/mol. The van der Waals surface area contributed by atoms with E-state index >= 15 is 4.39 Å². The van der Waals surface area contributed by atoms with Crippen molar-refractivity contribution in [2.24, 2.45) is 0 Å². The molecule has 0 saturated carbocycles. The Labute approximate surface area is 311 Å². The first-order chi connectivity index (χ1) is 26.7. The number of hydrogen-bond donors (Lipinski definition) is 0. The molecule has 0 radical (unpaired) electrons. The molecule has 12 aromatic rings. The van der Waals surface area contributed by atoms with Crippen molar-refractivity contribution in [3.05, 3.63) is 181 Å². The molecule has 0 spiro atoms. The highest BCUT2D eigenvalue weighted by molar-refractivity contribution is 6.53. The van der Waals surface area contributed by atoms with Crippen molar-refractivity contribution in [2.75, 3.05) is 0 Å². The zero-order chi connectivity index (χ0) is 35.7. The van der Waals surface area contributed by atoms with Crippen LogP contribution < -0.4 is 0 Å².